The van der Waals surface area contributed by atoms with Crippen LogP contribution in [0.5, 0.6) is 0 Å². The summed E-state index contributed by atoms with van der Waals surface area (Å²) < 4.78 is 9.13. The molecule has 3 aromatic rings. The van der Waals surface area contributed by atoms with Crippen LogP contribution in [0.2, 0.25) is 0 Å². The third kappa shape index (κ3) is 4.29. The average Bonchev–Trinajstić information content (AvgIpc) is 3.52. The van der Waals surface area contributed by atoms with Gasteiger partial charge in [0.15, 0.2) is 0 Å². The third-order valence-electron chi connectivity index (χ3n) is 7.40. The molecule has 2 aliphatic rings. The van der Waals surface area contributed by atoms with Crippen LogP contribution in [-0.2, 0) is 9.53 Å². The van der Waals surface area contributed by atoms with E-state index in [0.29, 0.717) is 18.5 Å². The average molecular weight is 466 g/mol. The number of fused-ring (bicyclic) bond motifs is 1. The second kappa shape index (κ2) is 9.37. The smallest absolute Gasteiger partial charge is 0.247 e. The van der Waals surface area contributed by atoms with E-state index in [-0.39, 0.29) is 18.0 Å². The van der Waals surface area contributed by atoms with E-state index in [1.54, 1.807) is 12.0 Å². The molecule has 0 bridgehead atoms. The van der Waals surface area contributed by atoms with Crippen LogP contribution in [0.15, 0.2) is 24.7 Å². The highest BCUT2D eigenvalue weighted by Crippen LogP contribution is 2.39. The molecule has 1 saturated carbocycles. The topological polar surface area (TPSA) is 89.6 Å². The summed E-state index contributed by atoms with van der Waals surface area (Å²) in [5, 5.41) is 12.8. The van der Waals surface area contributed by atoms with Crippen LogP contribution in [0.1, 0.15) is 63.6 Å². The van der Waals surface area contributed by atoms with Gasteiger partial charge in [-0.3, -0.25) is 9.48 Å². The van der Waals surface area contributed by atoms with Crippen LogP contribution in [0.4, 0.5) is 5.95 Å². The monoisotopic (exact) mass is 465 g/mol. The largest absolute Gasteiger partial charge is 0.383 e. The number of hydrogen-bond acceptors (Lipinski definition) is 6. The van der Waals surface area contributed by atoms with E-state index in [1.807, 2.05) is 30.3 Å². The van der Waals surface area contributed by atoms with E-state index in [4.69, 9.17) is 9.84 Å². The number of carbonyl (C=O) groups is 1. The SMILES string of the molecule is COC[C@H](C)Nc1ncc2c(-c3cnn([C@@H]4CCN(C)C4=O)c3)cc(C3CCC(C)CC3)n2n1. The van der Waals surface area contributed by atoms with Gasteiger partial charge in [-0.25, -0.2) is 9.50 Å². The Morgan fingerprint density at radius 1 is 1.21 bits per heavy atom. The maximum Gasteiger partial charge on any atom is 0.247 e. The predicted octanol–water partition coefficient (Wildman–Crippen LogP) is 3.74. The number of aromatic nitrogens is 5. The number of carbonyl (C=O) groups excluding carboxylic acids is 1. The first kappa shape index (κ1) is 22.8. The number of likely N-dealkylation sites (tertiary alicyclic amines) is 1. The molecule has 2 atom stereocenters. The van der Waals surface area contributed by atoms with Gasteiger partial charge >= 0.3 is 0 Å². The van der Waals surface area contributed by atoms with Crippen molar-refractivity contribution >= 4 is 17.4 Å². The molecule has 34 heavy (non-hydrogen) atoms. The summed E-state index contributed by atoms with van der Waals surface area (Å²) in [6, 6.07) is 2.15. The minimum Gasteiger partial charge on any atom is -0.383 e. The Balaban J connectivity index is 1.52. The van der Waals surface area contributed by atoms with E-state index in [0.717, 1.165) is 35.5 Å². The summed E-state index contributed by atoms with van der Waals surface area (Å²) in [6.07, 6.45) is 11.4. The molecule has 1 N–H and O–H groups in total. The summed E-state index contributed by atoms with van der Waals surface area (Å²) >= 11 is 0. The summed E-state index contributed by atoms with van der Waals surface area (Å²) in [7, 11) is 3.54. The minimum atomic E-state index is -0.221. The maximum atomic E-state index is 12.5. The van der Waals surface area contributed by atoms with Crippen molar-refractivity contribution in [3.8, 4) is 11.1 Å². The van der Waals surface area contributed by atoms with Crippen molar-refractivity contribution in [2.24, 2.45) is 5.92 Å². The summed E-state index contributed by atoms with van der Waals surface area (Å²) in [5.41, 5.74) is 4.25. The van der Waals surface area contributed by atoms with Gasteiger partial charge in [0.1, 0.15) is 6.04 Å². The normalized spacial score (nSPS) is 24.2. The molecule has 3 aromatic heterocycles. The third-order valence-corrected chi connectivity index (χ3v) is 7.40. The number of amides is 1. The molecule has 4 heterocycles. The lowest BCUT2D eigenvalue weighted by Crippen LogP contribution is -2.24. The second-order valence-electron chi connectivity index (χ2n) is 10.1. The first-order chi connectivity index (χ1) is 16.4. The number of nitrogens with zero attached hydrogens (tertiary/aromatic N) is 6. The van der Waals surface area contributed by atoms with Gasteiger partial charge < -0.3 is 15.0 Å². The van der Waals surface area contributed by atoms with Gasteiger partial charge in [0, 0.05) is 55.7 Å². The lowest BCUT2D eigenvalue weighted by molar-refractivity contribution is -0.129. The molecule has 0 spiro atoms. The van der Waals surface area contributed by atoms with E-state index in [1.165, 1.54) is 31.4 Å². The van der Waals surface area contributed by atoms with Gasteiger partial charge in [-0.15, -0.1) is 5.10 Å². The highest BCUT2D eigenvalue weighted by atomic mass is 16.5. The number of likely N-dealkylation sites (N-methyl/N-ethyl adjacent to an activating group) is 1. The van der Waals surface area contributed by atoms with Gasteiger partial charge in [0.05, 0.1) is 24.5 Å². The molecule has 9 nitrogen and oxygen atoms in total. The Morgan fingerprint density at radius 2 is 2.00 bits per heavy atom. The van der Waals surface area contributed by atoms with E-state index in [9.17, 15) is 4.79 Å². The highest BCUT2D eigenvalue weighted by Gasteiger charge is 2.31. The molecule has 9 heteroatoms. The van der Waals surface area contributed by atoms with Crippen LogP contribution in [0.3, 0.4) is 0 Å². The van der Waals surface area contributed by atoms with Gasteiger partial charge in [-0.05, 0) is 38.2 Å². The Bertz CT molecular complexity index is 1160. The predicted molar refractivity (Wildman–Crippen MR) is 131 cm³/mol. The molecule has 1 amide bonds. The lowest BCUT2D eigenvalue weighted by Gasteiger charge is -2.25. The summed E-state index contributed by atoms with van der Waals surface area (Å²) in [6.45, 7) is 5.75. The van der Waals surface area contributed by atoms with Gasteiger partial charge in [-0.1, -0.05) is 19.8 Å². The van der Waals surface area contributed by atoms with Gasteiger partial charge in [0.2, 0.25) is 11.9 Å². The molecule has 1 aliphatic carbocycles. The van der Waals surface area contributed by atoms with Crippen LogP contribution >= 0.6 is 0 Å². The van der Waals surface area contributed by atoms with Crippen LogP contribution in [0.25, 0.3) is 16.6 Å². The summed E-state index contributed by atoms with van der Waals surface area (Å²) in [5.74, 6) is 1.97. The number of hydrogen-bond donors (Lipinski definition) is 1. The molecular weight excluding hydrogens is 430 g/mol. The van der Waals surface area contributed by atoms with Crippen molar-refractivity contribution in [3.05, 3.63) is 30.4 Å². The molecule has 0 radical (unpaired) electrons. The zero-order valence-corrected chi connectivity index (χ0v) is 20.6. The molecule has 0 unspecified atom stereocenters. The summed E-state index contributed by atoms with van der Waals surface area (Å²) in [4.78, 5) is 18.9. The quantitative estimate of drug-likeness (QED) is 0.572. The van der Waals surface area contributed by atoms with Crippen LogP contribution in [-0.4, -0.2) is 68.5 Å². The fourth-order valence-electron chi connectivity index (χ4n) is 5.37. The number of methoxy groups -OCH3 is 1. The fourth-order valence-corrected chi connectivity index (χ4v) is 5.37. The maximum absolute atomic E-state index is 12.5. The van der Waals surface area contributed by atoms with Crippen molar-refractivity contribution in [2.75, 3.05) is 32.6 Å². The van der Waals surface area contributed by atoms with Crippen molar-refractivity contribution in [1.82, 2.24) is 29.3 Å². The molecule has 2 fully saturated rings. The number of nitrogens with one attached hydrogen (secondary N) is 1. The minimum absolute atomic E-state index is 0.108. The van der Waals surface area contributed by atoms with E-state index < -0.39 is 0 Å². The Labute approximate surface area is 200 Å². The molecule has 1 saturated heterocycles. The second-order valence-corrected chi connectivity index (χ2v) is 10.1. The zero-order valence-electron chi connectivity index (χ0n) is 20.6. The number of rotatable bonds is 7. The molecule has 0 aromatic carbocycles. The molecular formula is C25H35N7O2. The van der Waals surface area contributed by atoms with Gasteiger partial charge in [-0.2, -0.15) is 5.10 Å². The lowest BCUT2D eigenvalue weighted by atomic mass is 9.81. The van der Waals surface area contributed by atoms with Crippen molar-refractivity contribution < 1.29 is 9.53 Å². The Hall–Kier alpha value is -2.94. The number of ether oxygens (including phenoxy) is 1. The molecule has 1 aliphatic heterocycles. The van der Waals surface area contributed by atoms with Gasteiger partial charge in [0.25, 0.3) is 0 Å². The fraction of sp³-hybridized carbons (Fsp3) is 0.600. The molecule has 182 valence electrons. The molecule has 5 rings (SSSR count). The van der Waals surface area contributed by atoms with Crippen molar-refractivity contribution in [1.29, 1.82) is 0 Å². The first-order valence-corrected chi connectivity index (χ1v) is 12.4. The van der Waals surface area contributed by atoms with Crippen LogP contribution in [0, 0.1) is 5.92 Å². The van der Waals surface area contributed by atoms with Crippen molar-refractivity contribution in [2.45, 2.75) is 64.0 Å². The standard InChI is InChI=1S/C25H35N7O2/c1-16-5-7-18(8-6-16)22-11-20(19-12-27-31(14-19)21-9-10-30(3)24(21)33)23-13-26-25(29-32(22)23)28-17(2)15-34-4/h11-14,16-18,21H,5-10,15H2,1-4H3,(H,28,29)/t16?,17-,18?,21+/m0/s1. The Kier molecular flexibility index (Phi) is 6.29. The highest BCUT2D eigenvalue weighted by molar-refractivity contribution is 5.83. The Morgan fingerprint density at radius 3 is 2.71 bits per heavy atom. The van der Waals surface area contributed by atoms with E-state index >= 15 is 0 Å². The number of anilines is 1. The van der Waals surface area contributed by atoms with E-state index in [2.05, 4.69) is 39.8 Å². The zero-order chi connectivity index (χ0) is 23.8. The first-order valence-electron chi connectivity index (χ1n) is 12.4. The van der Waals surface area contributed by atoms with Crippen LogP contribution < -0.4 is 5.32 Å². The van der Waals surface area contributed by atoms with Crippen molar-refractivity contribution in [3.63, 3.8) is 0 Å².